The number of aliphatic hydroxyl groups excluding tert-OH is 1. The van der Waals surface area contributed by atoms with Gasteiger partial charge in [0.2, 0.25) is 6.54 Å². The van der Waals surface area contributed by atoms with E-state index >= 15 is 0 Å². The molecule has 1 atom stereocenters. The van der Waals surface area contributed by atoms with Crippen molar-refractivity contribution in [3.63, 3.8) is 0 Å². The third-order valence-electron chi connectivity index (χ3n) is 1.42. The molecule has 4 nitrogen and oxygen atoms in total. The lowest BCUT2D eigenvalue weighted by atomic mass is 10.2. The minimum atomic E-state index is -3.40. The molecule has 0 aliphatic carbocycles. The van der Waals surface area contributed by atoms with Crippen molar-refractivity contribution < 1.29 is 18.8 Å². The molecule has 1 N–H and O–H groups in total. The Hall–Kier alpha value is -0.430. The number of rotatable bonds is 6. The van der Waals surface area contributed by atoms with Crippen molar-refractivity contribution in [2.75, 3.05) is 12.3 Å². The first kappa shape index (κ1) is 13.6. The van der Waals surface area contributed by atoms with Crippen LogP contribution in [0.2, 0.25) is 0 Å². The number of hydrogen-bond donors (Lipinski definition) is 1. The van der Waals surface area contributed by atoms with Crippen LogP contribution in [0.15, 0.2) is 0 Å². The smallest absolute Gasteiger partial charge is 0.288 e. The SMILES string of the molecule is CC(C)SCC(F)(F)[C@@H](O)C[N+](=O)[O-]. The summed E-state index contributed by atoms with van der Waals surface area (Å²) in [5.74, 6) is -4.00. The number of thioether (sulfide) groups is 1. The molecule has 0 unspecified atom stereocenters. The van der Waals surface area contributed by atoms with E-state index in [4.69, 9.17) is 5.11 Å². The monoisotopic (exact) mass is 229 g/mol. The largest absolute Gasteiger partial charge is 0.381 e. The third-order valence-corrected chi connectivity index (χ3v) is 2.64. The van der Waals surface area contributed by atoms with E-state index in [1.165, 1.54) is 0 Å². The molecule has 0 saturated carbocycles. The van der Waals surface area contributed by atoms with Gasteiger partial charge in [0.1, 0.15) is 0 Å². The van der Waals surface area contributed by atoms with Crippen LogP contribution in [0.25, 0.3) is 0 Å². The van der Waals surface area contributed by atoms with Gasteiger partial charge in [0.15, 0.2) is 6.10 Å². The van der Waals surface area contributed by atoms with Crippen LogP contribution in [0.1, 0.15) is 13.8 Å². The Balaban J connectivity index is 4.08. The van der Waals surface area contributed by atoms with Gasteiger partial charge in [0.25, 0.3) is 5.92 Å². The fourth-order valence-corrected chi connectivity index (χ4v) is 1.40. The zero-order valence-electron chi connectivity index (χ0n) is 7.94. The second kappa shape index (κ2) is 5.45. The second-order valence-electron chi connectivity index (χ2n) is 3.15. The maximum atomic E-state index is 13.0. The van der Waals surface area contributed by atoms with Crippen molar-refractivity contribution in [2.24, 2.45) is 0 Å². The summed E-state index contributed by atoms with van der Waals surface area (Å²) in [6, 6.07) is 0. The summed E-state index contributed by atoms with van der Waals surface area (Å²) in [7, 11) is 0. The van der Waals surface area contributed by atoms with E-state index in [1.807, 2.05) is 0 Å². The summed E-state index contributed by atoms with van der Waals surface area (Å²) in [6.45, 7) is 2.35. The Morgan fingerprint density at radius 2 is 2.07 bits per heavy atom. The van der Waals surface area contributed by atoms with Gasteiger partial charge in [0.05, 0.1) is 5.75 Å². The Morgan fingerprint density at radius 3 is 2.43 bits per heavy atom. The summed E-state index contributed by atoms with van der Waals surface area (Å²) in [4.78, 5) is 8.95. The number of halogens is 2. The fourth-order valence-electron chi connectivity index (χ4n) is 0.649. The Bertz CT molecular complexity index is 201. The number of aliphatic hydroxyl groups is 1. The van der Waals surface area contributed by atoms with Crippen molar-refractivity contribution in [3.05, 3.63) is 10.1 Å². The molecule has 14 heavy (non-hydrogen) atoms. The number of hydrogen-bond acceptors (Lipinski definition) is 4. The molecule has 0 aromatic carbocycles. The standard InChI is InChI=1S/C7H13F2NO3S/c1-5(2)14-4-7(8,9)6(11)3-10(12)13/h5-6,11H,3-4H2,1-2H3/t6-/m0/s1. The quantitative estimate of drug-likeness (QED) is 0.552. The molecule has 0 aliphatic rings. The van der Waals surface area contributed by atoms with E-state index in [0.29, 0.717) is 0 Å². The van der Waals surface area contributed by atoms with E-state index in [0.717, 1.165) is 11.8 Å². The first-order chi connectivity index (χ1) is 6.25. The predicted molar refractivity (Wildman–Crippen MR) is 50.4 cm³/mol. The molecule has 0 aliphatic heterocycles. The molecule has 0 aromatic rings. The fraction of sp³-hybridized carbons (Fsp3) is 1.00. The van der Waals surface area contributed by atoms with Crippen molar-refractivity contribution in [2.45, 2.75) is 31.1 Å². The molecule has 0 saturated heterocycles. The van der Waals surface area contributed by atoms with E-state index in [1.54, 1.807) is 13.8 Å². The van der Waals surface area contributed by atoms with Crippen molar-refractivity contribution in [3.8, 4) is 0 Å². The topological polar surface area (TPSA) is 63.4 Å². The molecule has 0 amide bonds. The zero-order valence-corrected chi connectivity index (χ0v) is 8.76. The van der Waals surface area contributed by atoms with E-state index in [9.17, 15) is 18.9 Å². The van der Waals surface area contributed by atoms with Crippen LogP contribution in [0.3, 0.4) is 0 Å². The van der Waals surface area contributed by atoms with Gasteiger partial charge in [-0.05, 0) is 5.25 Å². The highest BCUT2D eigenvalue weighted by Crippen LogP contribution is 2.26. The van der Waals surface area contributed by atoms with Crippen LogP contribution in [0.4, 0.5) is 8.78 Å². The van der Waals surface area contributed by atoms with Crippen molar-refractivity contribution in [1.82, 2.24) is 0 Å². The van der Waals surface area contributed by atoms with Gasteiger partial charge in [0, 0.05) is 4.92 Å². The van der Waals surface area contributed by atoms with Gasteiger partial charge in [-0.15, -0.1) is 0 Å². The first-order valence-corrected chi connectivity index (χ1v) is 5.10. The van der Waals surface area contributed by atoms with Gasteiger partial charge in [-0.25, -0.2) is 8.78 Å². The van der Waals surface area contributed by atoms with Gasteiger partial charge < -0.3 is 5.11 Å². The molecule has 0 rings (SSSR count). The van der Waals surface area contributed by atoms with Gasteiger partial charge in [-0.1, -0.05) is 13.8 Å². The maximum Gasteiger partial charge on any atom is 0.288 e. The van der Waals surface area contributed by atoms with Gasteiger partial charge >= 0.3 is 0 Å². The highest BCUT2D eigenvalue weighted by molar-refractivity contribution is 7.99. The molecule has 0 aromatic heterocycles. The number of nitro groups is 1. The summed E-state index contributed by atoms with van der Waals surface area (Å²) >= 11 is 0.961. The van der Waals surface area contributed by atoms with Crippen LogP contribution < -0.4 is 0 Å². The minimum Gasteiger partial charge on any atom is -0.381 e. The summed E-state index contributed by atoms with van der Waals surface area (Å²) in [6.07, 6.45) is -2.20. The number of nitrogens with zero attached hydrogens (tertiary/aromatic N) is 1. The van der Waals surface area contributed by atoms with E-state index in [-0.39, 0.29) is 5.25 Å². The normalized spacial score (nSPS) is 14.4. The third kappa shape index (κ3) is 5.33. The second-order valence-corrected chi connectivity index (χ2v) is 4.72. The minimum absolute atomic E-state index is 0.00341. The molecular weight excluding hydrogens is 216 g/mol. The zero-order chi connectivity index (χ0) is 11.4. The lowest BCUT2D eigenvalue weighted by molar-refractivity contribution is -0.496. The van der Waals surface area contributed by atoms with Crippen molar-refractivity contribution in [1.29, 1.82) is 0 Å². The first-order valence-electron chi connectivity index (χ1n) is 4.05. The molecule has 0 fully saturated rings. The van der Waals surface area contributed by atoms with Crippen LogP contribution >= 0.6 is 11.8 Å². The van der Waals surface area contributed by atoms with E-state index in [2.05, 4.69) is 0 Å². The molecule has 84 valence electrons. The summed E-state index contributed by atoms with van der Waals surface area (Å²) in [5.41, 5.74) is 0. The average Bonchev–Trinajstić information content (AvgIpc) is 1.99. The highest BCUT2D eigenvalue weighted by atomic mass is 32.2. The van der Waals surface area contributed by atoms with Crippen LogP contribution in [-0.2, 0) is 0 Å². The van der Waals surface area contributed by atoms with Crippen LogP contribution in [0.5, 0.6) is 0 Å². The number of alkyl halides is 2. The highest BCUT2D eigenvalue weighted by Gasteiger charge is 2.41. The molecule has 0 radical (unpaired) electrons. The van der Waals surface area contributed by atoms with Crippen LogP contribution in [0, 0.1) is 10.1 Å². The molecule has 0 bridgehead atoms. The Kier molecular flexibility index (Phi) is 5.28. The lowest BCUT2D eigenvalue weighted by Crippen LogP contribution is -2.41. The molecule has 0 spiro atoms. The lowest BCUT2D eigenvalue weighted by Gasteiger charge is -2.20. The average molecular weight is 229 g/mol. The predicted octanol–water partition coefficient (Wildman–Crippen LogP) is 1.40. The maximum absolute atomic E-state index is 13.0. The van der Waals surface area contributed by atoms with Gasteiger partial charge in [-0.2, -0.15) is 11.8 Å². The Labute approximate surface area is 84.8 Å². The molecular formula is C7H13F2NO3S. The van der Waals surface area contributed by atoms with Crippen molar-refractivity contribution >= 4 is 11.8 Å². The summed E-state index contributed by atoms with van der Waals surface area (Å²) < 4.78 is 25.9. The molecule has 0 heterocycles. The summed E-state index contributed by atoms with van der Waals surface area (Å²) in [5, 5.41) is 18.8. The molecule has 7 heteroatoms. The van der Waals surface area contributed by atoms with Gasteiger partial charge in [-0.3, -0.25) is 10.1 Å². The Morgan fingerprint density at radius 1 is 1.57 bits per heavy atom. The van der Waals surface area contributed by atoms with Crippen LogP contribution in [-0.4, -0.2) is 39.6 Å². The van der Waals surface area contributed by atoms with E-state index < -0.39 is 29.2 Å².